The largest absolute Gasteiger partial charge is 0.419 e. The van der Waals surface area contributed by atoms with Crippen molar-refractivity contribution in [3.63, 3.8) is 0 Å². The normalized spacial score (nSPS) is 15.0. The van der Waals surface area contributed by atoms with Crippen molar-refractivity contribution < 1.29 is 14.1 Å². The topological polar surface area (TPSA) is 114 Å². The van der Waals surface area contributed by atoms with Crippen molar-refractivity contribution in [2.24, 2.45) is 0 Å². The van der Waals surface area contributed by atoms with Crippen molar-refractivity contribution in [2.75, 3.05) is 33.2 Å². The Bertz CT molecular complexity index is 1230. The number of nitro benzene ring substituents is 1. The van der Waals surface area contributed by atoms with Gasteiger partial charge in [0.05, 0.1) is 16.5 Å². The predicted octanol–water partition coefficient (Wildman–Crippen LogP) is 2.35. The van der Waals surface area contributed by atoms with Gasteiger partial charge in [0.25, 0.3) is 5.69 Å². The zero-order chi connectivity index (χ0) is 24.1. The summed E-state index contributed by atoms with van der Waals surface area (Å²) >= 11 is 0. The molecule has 0 radical (unpaired) electrons. The monoisotopic (exact) mass is 467 g/mol. The SMILES string of the molecule is CN1CCN(Cc2cccc(CNC(=O)CCCn3c(=O)oc4cc([N+](=O)[O-])ccc43)c2)CC1. The average molecular weight is 468 g/mol. The quantitative estimate of drug-likeness (QED) is 0.380. The van der Waals surface area contributed by atoms with Crippen LogP contribution in [0.5, 0.6) is 0 Å². The molecule has 34 heavy (non-hydrogen) atoms. The minimum absolute atomic E-state index is 0.0963. The molecule has 2 heterocycles. The second-order valence-electron chi connectivity index (χ2n) is 8.71. The summed E-state index contributed by atoms with van der Waals surface area (Å²) in [5.74, 6) is -0.686. The number of aryl methyl sites for hydroxylation is 1. The van der Waals surface area contributed by atoms with E-state index in [1.807, 2.05) is 12.1 Å². The van der Waals surface area contributed by atoms with Crippen LogP contribution in [-0.4, -0.2) is 58.4 Å². The fourth-order valence-corrected chi connectivity index (χ4v) is 4.17. The number of nitrogens with zero attached hydrogens (tertiary/aromatic N) is 4. The molecule has 1 aliphatic heterocycles. The Hall–Kier alpha value is -3.50. The van der Waals surface area contributed by atoms with Crippen molar-refractivity contribution in [3.05, 3.63) is 74.3 Å². The maximum Gasteiger partial charge on any atom is 0.419 e. The molecule has 1 fully saturated rings. The number of carbonyl (C=O) groups excluding carboxylic acids is 1. The van der Waals surface area contributed by atoms with Crippen LogP contribution in [0, 0.1) is 10.1 Å². The zero-order valence-corrected chi connectivity index (χ0v) is 19.2. The molecule has 1 aromatic heterocycles. The Kier molecular flexibility index (Phi) is 7.39. The van der Waals surface area contributed by atoms with Gasteiger partial charge in [-0.2, -0.15) is 0 Å². The van der Waals surface area contributed by atoms with Crippen LogP contribution in [0.3, 0.4) is 0 Å². The van der Waals surface area contributed by atoms with Crippen LogP contribution in [0.2, 0.25) is 0 Å². The van der Waals surface area contributed by atoms with E-state index in [0.29, 0.717) is 18.5 Å². The molecule has 1 aliphatic rings. The zero-order valence-electron chi connectivity index (χ0n) is 19.2. The van der Waals surface area contributed by atoms with Crippen LogP contribution in [0.1, 0.15) is 24.0 Å². The first-order valence-electron chi connectivity index (χ1n) is 11.4. The third-order valence-electron chi connectivity index (χ3n) is 6.13. The van der Waals surface area contributed by atoms with Gasteiger partial charge in [-0.3, -0.25) is 24.4 Å². The van der Waals surface area contributed by atoms with Crippen molar-refractivity contribution >= 4 is 22.7 Å². The summed E-state index contributed by atoms with van der Waals surface area (Å²) in [6, 6.07) is 12.3. The molecule has 2 aromatic carbocycles. The summed E-state index contributed by atoms with van der Waals surface area (Å²) in [6.07, 6.45) is 0.702. The van der Waals surface area contributed by atoms with E-state index in [-0.39, 0.29) is 30.1 Å². The Morgan fingerprint density at radius 3 is 2.65 bits per heavy atom. The minimum atomic E-state index is -0.590. The highest BCUT2D eigenvalue weighted by Gasteiger charge is 2.15. The third kappa shape index (κ3) is 5.89. The lowest BCUT2D eigenvalue weighted by Crippen LogP contribution is -2.43. The summed E-state index contributed by atoms with van der Waals surface area (Å²) in [5, 5.41) is 13.8. The van der Waals surface area contributed by atoms with E-state index in [0.717, 1.165) is 38.3 Å². The molecule has 0 atom stereocenters. The van der Waals surface area contributed by atoms with Crippen LogP contribution < -0.4 is 11.1 Å². The number of fused-ring (bicyclic) bond motifs is 1. The standard InChI is InChI=1S/C24H29N5O5/c1-26-10-12-27(13-11-26)17-19-5-2-4-18(14-19)16-25-23(30)6-3-9-28-21-8-7-20(29(32)33)15-22(21)34-24(28)31/h2,4-5,7-8,14-15H,3,6,9-13,16-17H2,1H3,(H,25,30). The summed E-state index contributed by atoms with van der Waals surface area (Å²) in [5.41, 5.74) is 2.80. The maximum absolute atomic E-state index is 12.3. The molecule has 0 unspecified atom stereocenters. The number of amides is 1. The molecule has 1 saturated heterocycles. The second kappa shape index (κ2) is 10.6. The lowest BCUT2D eigenvalue weighted by atomic mass is 10.1. The van der Waals surface area contributed by atoms with E-state index in [1.54, 1.807) is 0 Å². The molecule has 1 amide bonds. The van der Waals surface area contributed by atoms with Crippen molar-refractivity contribution in [1.82, 2.24) is 19.7 Å². The molecule has 180 valence electrons. The Morgan fingerprint density at radius 1 is 1.12 bits per heavy atom. The minimum Gasteiger partial charge on any atom is -0.407 e. The molecule has 4 rings (SSSR count). The van der Waals surface area contributed by atoms with Crippen LogP contribution in [0.25, 0.3) is 11.1 Å². The number of aromatic nitrogens is 1. The lowest BCUT2D eigenvalue weighted by molar-refractivity contribution is -0.384. The number of benzene rings is 2. The summed E-state index contributed by atoms with van der Waals surface area (Å²) in [6.45, 7) is 5.93. The molecule has 0 bridgehead atoms. The Labute approximate surface area is 196 Å². The van der Waals surface area contributed by atoms with Gasteiger partial charge in [0, 0.05) is 58.3 Å². The van der Waals surface area contributed by atoms with Gasteiger partial charge in [0.15, 0.2) is 5.58 Å². The van der Waals surface area contributed by atoms with E-state index in [4.69, 9.17) is 4.42 Å². The number of piperazine rings is 1. The highest BCUT2D eigenvalue weighted by atomic mass is 16.6. The van der Waals surface area contributed by atoms with Crippen LogP contribution in [0.4, 0.5) is 5.69 Å². The van der Waals surface area contributed by atoms with Gasteiger partial charge in [-0.1, -0.05) is 24.3 Å². The molecule has 10 heteroatoms. The van der Waals surface area contributed by atoms with Crippen molar-refractivity contribution in [2.45, 2.75) is 32.5 Å². The fraction of sp³-hybridized carbons (Fsp3) is 0.417. The number of nitrogens with one attached hydrogen (secondary N) is 1. The number of non-ortho nitro benzene ring substituents is 1. The molecule has 3 aromatic rings. The molecular formula is C24H29N5O5. The predicted molar refractivity (Wildman–Crippen MR) is 127 cm³/mol. The first-order valence-corrected chi connectivity index (χ1v) is 11.4. The molecular weight excluding hydrogens is 438 g/mol. The molecule has 0 spiro atoms. The van der Waals surface area contributed by atoms with E-state index in [9.17, 15) is 19.7 Å². The van der Waals surface area contributed by atoms with Gasteiger partial charge in [0.2, 0.25) is 5.91 Å². The van der Waals surface area contributed by atoms with Crippen LogP contribution >= 0.6 is 0 Å². The Balaban J connectivity index is 1.25. The first kappa shape index (κ1) is 23.7. The molecule has 0 saturated carbocycles. The van der Waals surface area contributed by atoms with Crippen molar-refractivity contribution in [3.8, 4) is 0 Å². The summed E-state index contributed by atoms with van der Waals surface area (Å²) in [4.78, 5) is 39.6. The van der Waals surface area contributed by atoms with Gasteiger partial charge >= 0.3 is 5.76 Å². The number of rotatable bonds is 9. The highest BCUT2D eigenvalue weighted by Crippen LogP contribution is 2.20. The highest BCUT2D eigenvalue weighted by molar-refractivity contribution is 5.76. The summed E-state index contributed by atoms with van der Waals surface area (Å²) < 4.78 is 6.52. The van der Waals surface area contributed by atoms with E-state index in [1.165, 1.54) is 28.3 Å². The lowest BCUT2D eigenvalue weighted by Gasteiger charge is -2.32. The van der Waals surface area contributed by atoms with Gasteiger partial charge in [-0.25, -0.2) is 4.79 Å². The average Bonchev–Trinajstić information content (AvgIpc) is 3.14. The third-order valence-corrected chi connectivity index (χ3v) is 6.13. The number of likely N-dealkylation sites (N-methyl/N-ethyl adjacent to an activating group) is 1. The first-order chi connectivity index (χ1) is 16.4. The number of nitro groups is 1. The van der Waals surface area contributed by atoms with Gasteiger partial charge in [-0.15, -0.1) is 0 Å². The Morgan fingerprint density at radius 2 is 1.88 bits per heavy atom. The van der Waals surface area contributed by atoms with E-state index in [2.05, 4.69) is 34.3 Å². The number of carbonyl (C=O) groups is 1. The van der Waals surface area contributed by atoms with Gasteiger partial charge in [-0.05, 0) is 30.7 Å². The van der Waals surface area contributed by atoms with Crippen LogP contribution in [-0.2, 0) is 24.4 Å². The summed E-state index contributed by atoms with van der Waals surface area (Å²) in [7, 11) is 2.14. The molecule has 0 aliphatic carbocycles. The fourth-order valence-electron chi connectivity index (χ4n) is 4.17. The molecule has 1 N–H and O–H groups in total. The van der Waals surface area contributed by atoms with Crippen LogP contribution in [0.15, 0.2) is 51.7 Å². The maximum atomic E-state index is 12.3. The number of hydrogen-bond donors (Lipinski definition) is 1. The van der Waals surface area contributed by atoms with Gasteiger partial charge < -0.3 is 14.6 Å². The van der Waals surface area contributed by atoms with E-state index < -0.39 is 10.7 Å². The second-order valence-corrected chi connectivity index (χ2v) is 8.71. The van der Waals surface area contributed by atoms with E-state index >= 15 is 0 Å². The molecule has 10 nitrogen and oxygen atoms in total. The van der Waals surface area contributed by atoms with Crippen molar-refractivity contribution in [1.29, 1.82) is 0 Å². The smallest absolute Gasteiger partial charge is 0.407 e. The van der Waals surface area contributed by atoms with Gasteiger partial charge in [0.1, 0.15) is 0 Å². The number of hydrogen-bond acceptors (Lipinski definition) is 7. The number of oxazole rings is 1.